The summed E-state index contributed by atoms with van der Waals surface area (Å²) in [7, 11) is 3.78. The monoisotopic (exact) mass is 327 g/mol. The number of fused-ring (bicyclic) bond motifs is 1. The molecule has 3 rings (SSSR count). The summed E-state index contributed by atoms with van der Waals surface area (Å²) in [5.41, 5.74) is 3.03. The summed E-state index contributed by atoms with van der Waals surface area (Å²) in [6.07, 6.45) is 0.205. The number of anilines is 1. The summed E-state index contributed by atoms with van der Waals surface area (Å²) in [4.78, 5) is 26.6. The fraction of sp³-hybridized carbons (Fsp3) is 0.333. The minimum atomic E-state index is -0.625. The van der Waals surface area contributed by atoms with Crippen LogP contribution in [-0.2, 0) is 31.4 Å². The SMILES string of the molecule is CN1CCc2c(cc(NC(=O)OCc3ccccc3)c(=O)n2C)C1. The van der Waals surface area contributed by atoms with Gasteiger partial charge in [0, 0.05) is 32.3 Å². The minimum Gasteiger partial charge on any atom is -0.444 e. The average molecular weight is 327 g/mol. The van der Waals surface area contributed by atoms with E-state index in [1.54, 1.807) is 17.7 Å². The molecule has 0 radical (unpaired) electrons. The van der Waals surface area contributed by atoms with Crippen LogP contribution in [-0.4, -0.2) is 29.2 Å². The van der Waals surface area contributed by atoms with Crippen LogP contribution in [0.25, 0.3) is 0 Å². The summed E-state index contributed by atoms with van der Waals surface area (Å²) in [5, 5.41) is 2.57. The average Bonchev–Trinajstić information content (AvgIpc) is 2.58. The third kappa shape index (κ3) is 3.49. The first-order chi connectivity index (χ1) is 11.5. The standard InChI is InChI=1S/C18H21N3O3/c1-20-9-8-16-14(11-20)10-15(17(22)21(16)2)19-18(23)24-12-13-6-4-3-5-7-13/h3-7,10H,8-9,11-12H2,1-2H3,(H,19,23). The molecular weight excluding hydrogens is 306 g/mol. The van der Waals surface area contributed by atoms with Gasteiger partial charge in [0.25, 0.3) is 5.56 Å². The van der Waals surface area contributed by atoms with E-state index in [4.69, 9.17) is 4.74 Å². The zero-order chi connectivity index (χ0) is 17.1. The molecule has 2 heterocycles. The molecule has 1 aromatic heterocycles. The maximum atomic E-state index is 12.4. The molecule has 0 atom stereocenters. The van der Waals surface area contributed by atoms with E-state index in [1.165, 1.54) is 0 Å². The van der Waals surface area contributed by atoms with Crippen molar-refractivity contribution in [2.24, 2.45) is 7.05 Å². The molecule has 6 heteroatoms. The molecule has 126 valence electrons. The number of carbonyl (C=O) groups excluding carboxylic acids is 1. The minimum absolute atomic E-state index is 0.167. The first-order valence-electron chi connectivity index (χ1n) is 7.92. The number of benzene rings is 1. The molecule has 24 heavy (non-hydrogen) atoms. The van der Waals surface area contributed by atoms with Crippen LogP contribution in [0.15, 0.2) is 41.2 Å². The second-order valence-corrected chi connectivity index (χ2v) is 6.07. The Labute approximate surface area is 140 Å². The fourth-order valence-corrected chi connectivity index (χ4v) is 2.93. The van der Waals surface area contributed by atoms with Crippen LogP contribution in [0.4, 0.5) is 10.5 Å². The Morgan fingerprint density at radius 2 is 2.00 bits per heavy atom. The Kier molecular flexibility index (Phi) is 4.66. The largest absolute Gasteiger partial charge is 0.444 e. The first kappa shape index (κ1) is 16.3. The molecule has 1 aliphatic rings. The molecule has 1 N–H and O–H groups in total. The van der Waals surface area contributed by atoms with Crippen LogP contribution in [0.5, 0.6) is 0 Å². The van der Waals surface area contributed by atoms with E-state index in [0.29, 0.717) is 0 Å². The summed E-state index contributed by atoms with van der Waals surface area (Å²) >= 11 is 0. The number of hydrogen-bond donors (Lipinski definition) is 1. The molecule has 1 aromatic carbocycles. The van der Waals surface area contributed by atoms with Gasteiger partial charge in [0.2, 0.25) is 0 Å². The van der Waals surface area contributed by atoms with E-state index < -0.39 is 6.09 Å². The van der Waals surface area contributed by atoms with Gasteiger partial charge < -0.3 is 14.2 Å². The molecule has 1 amide bonds. The summed E-state index contributed by atoms with van der Waals surface area (Å²) in [6, 6.07) is 11.2. The normalized spacial score (nSPS) is 14.1. The van der Waals surface area contributed by atoms with Gasteiger partial charge in [-0.3, -0.25) is 10.1 Å². The number of amides is 1. The molecule has 1 aliphatic heterocycles. The number of aromatic nitrogens is 1. The zero-order valence-corrected chi connectivity index (χ0v) is 13.9. The van der Waals surface area contributed by atoms with Gasteiger partial charge in [0.1, 0.15) is 12.3 Å². The molecular formula is C18H21N3O3. The van der Waals surface area contributed by atoms with Crippen molar-refractivity contribution in [1.29, 1.82) is 0 Å². The number of ether oxygens (including phenoxy) is 1. The number of nitrogens with zero attached hydrogens (tertiary/aromatic N) is 2. The van der Waals surface area contributed by atoms with Crippen molar-refractivity contribution in [3.8, 4) is 0 Å². The van der Waals surface area contributed by atoms with Crippen molar-refractivity contribution in [3.05, 3.63) is 63.6 Å². The highest BCUT2D eigenvalue weighted by Gasteiger charge is 2.19. The molecule has 0 saturated heterocycles. The van der Waals surface area contributed by atoms with E-state index in [0.717, 1.165) is 36.3 Å². The number of pyridine rings is 1. The lowest BCUT2D eigenvalue weighted by atomic mass is 10.1. The summed E-state index contributed by atoms with van der Waals surface area (Å²) in [5.74, 6) is 0. The lowest BCUT2D eigenvalue weighted by molar-refractivity contribution is 0.155. The van der Waals surface area contributed by atoms with Crippen LogP contribution in [0.1, 0.15) is 16.8 Å². The van der Waals surface area contributed by atoms with Crippen LogP contribution in [0, 0.1) is 0 Å². The van der Waals surface area contributed by atoms with E-state index in [1.807, 2.05) is 37.4 Å². The maximum absolute atomic E-state index is 12.4. The highest BCUT2D eigenvalue weighted by atomic mass is 16.5. The highest BCUT2D eigenvalue weighted by molar-refractivity contribution is 5.84. The Morgan fingerprint density at radius 3 is 2.75 bits per heavy atom. The van der Waals surface area contributed by atoms with Gasteiger partial charge >= 0.3 is 6.09 Å². The molecule has 0 unspecified atom stereocenters. The maximum Gasteiger partial charge on any atom is 0.412 e. The van der Waals surface area contributed by atoms with Gasteiger partial charge in [0.05, 0.1) is 0 Å². The highest BCUT2D eigenvalue weighted by Crippen LogP contribution is 2.19. The van der Waals surface area contributed by atoms with Crippen LogP contribution in [0.3, 0.4) is 0 Å². The fourth-order valence-electron chi connectivity index (χ4n) is 2.93. The topological polar surface area (TPSA) is 63.6 Å². The van der Waals surface area contributed by atoms with E-state index in [9.17, 15) is 9.59 Å². The number of hydrogen-bond acceptors (Lipinski definition) is 4. The number of carbonyl (C=O) groups is 1. The van der Waals surface area contributed by atoms with Crippen molar-refractivity contribution in [3.63, 3.8) is 0 Å². The van der Waals surface area contributed by atoms with Gasteiger partial charge in [-0.25, -0.2) is 4.79 Å². The molecule has 0 aliphatic carbocycles. The van der Waals surface area contributed by atoms with Crippen molar-refractivity contribution < 1.29 is 9.53 Å². The lowest BCUT2D eigenvalue weighted by Crippen LogP contribution is -2.34. The Hall–Kier alpha value is -2.60. The quantitative estimate of drug-likeness (QED) is 0.938. The third-order valence-corrected chi connectivity index (χ3v) is 4.25. The van der Waals surface area contributed by atoms with Crippen LogP contribution in [0.2, 0.25) is 0 Å². The third-order valence-electron chi connectivity index (χ3n) is 4.25. The second kappa shape index (κ2) is 6.88. The van der Waals surface area contributed by atoms with E-state index in [2.05, 4.69) is 10.2 Å². The van der Waals surface area contributed by atoms with E-state index >= 15 is 0 Å². The van der Waals surface area contributed by atoms with Crippen molar-refractivity contribution in [2.45, 2.75) is 19.6 Å². The summed E-state index contributed by atoms with van der Waals surface area (Å²) in [6.45, 7) is 1.85. The molecule has 2 aromatic rings. The lowest BCUT2D eigenvalue weighted by Gasteiger charge is -2.27. The number of rotatable bonds is 3. The smallest absolute Gasteiger partial charge is 0.412 e. The number of likely N-dealkylation sites (N-methyl/N-ethyl adjacent to an activating group) is 1. The van der Waals surface area contributed by atoms with Gasteiger partial charge in [-0.1, -0.05) is 30.3 Å². The van der Waals surface area contributed by atoms with Crippen molar-refractivity contribution >= 4 is 11.8 Å². The molecule has 0 bridgehead atoms. The van der Waals surface area contributed by atoms with Crippen LogP contribution >= 0.6 is 0 Å². The first-order valence-corrected chi connectivity index (χ1v) is 7.92. The van der Waals surface area contributed by atoms with Crippen LogP contribution < -0.4 is 10.9 Å². The van der Waals surface area contributed by atoms with Gasteiger partial charge in [-0.2, -0.15) is 0 Å². The predicted octanol–water partition coefficient (Wildman–Crippen LogP) is 2.12. The van der Waals surface area contributed by atoms with Gasteiger partial charge in [-0.15, -0.1) is 0 Å². The molecule has 0 spiro atoms. The number of nitrogens with one attached hydrogen (secondary N) is 1. The Morgan fingerprint density at radius 1 is 1.25 bits per heavy atom. The Bertz CT molecular complexity index is 799. The molecule has 0 saturated carbocycles. The van der Waals surface area contributed by atoms with Gasteiger partial charge in [-0.05, 0) is 24.2 Å². The zero-order valence-electron chi connectivity index (χ0n) is 13.9. The van der Waals surface area contributed by atoms with Crippen molar-refractivity contribution in [1.82, 2.24) is 9.47 Å². The van der Waals surface area contributed by atoms with Crippen molar-refractivity contribution in [2.75, 3.05) is 18.9 Å². The second-order valence-electron chi connectivity index (χ2n) is 6.07. The predicted molar refractivity (Wildman–Crippen MR) is 92.0 cm³/mol. The Balaban J connectivity index is 1.73. The summed E-state index contributed by atoms with van der Waals surface area (Å²) < 4.78 is 6.80. The molecule has 6 nitrogen and oxygen atoms in total. The molecule has 0 fully saturated rings. The van der Waals surface area contributed by atoms with Gasteiger partial charge in [0.15, 0.2) is 0 Å². The van der Waals surface area contributed by atoms with E-state index in [-0.39, 0.29) is 17.9 Å².